The van der Waals surface area contributed by atoms with Crippen LogP contribution in [0.15, 0.2) is 52.9 Å². The van der Waals surface area contributed by atoms with E-state index in [2.05, 4.69) is 10.3 Å². The first-order valence-electron chi connectivity index (χ1n) is 9.93. The molecule has 6 nitrogen and oxygen atoms in total. The monoisotopic (exact) mass is 451 g/mol. The van der Waals surface area contributed by atoms with Gasteiger partial charge in [-0.05, 0) is 49.7 Å². The smallest absolute Gasteiger partial charge is 0.263 e. The number of amides is 1. The fourth-order valence-electron chi connectivity index (χ4n) is 3.28. The van der Waals surface area contributed by atoms with Crippen molar-refractivity contribution in [1.29, 1.82) is 0 Å². The third-order valence-corrected chi connectivity index (χ3v) is 6.77. The van der Waals surface area contributed by atoms with E-state index in [9.17, 15) is 14.4 Å². The van der Waals surface area contributed by atoms with Gasteiger partial charge < -0.3 is 5.32 Å². The Balaban J connectivity index is 1.57. The second-order valence-corrected chi connectivity index (χ2v) is 9.36. The zero-order chi connectivity index (χ0) is 22.0. The van der Waals surface area contributed by atoms with Crippen molar-refractivity contribution in [1.82, 2.24) is 9.55 Å². The van der Waals surface area contributed by atoms with Gasteiger partial charge in [0.05, 0.1) is 18.3 Å². The van der Waals surface area contributed by atoms with Gasteiger partial charge in [-0.15, -0.1) is 22.7 Å². The Morgan fingerprint density at radius 1 is 1.13 bits per heavy atom. The molecule has 0 fully saturated rings. The number of nitrogens with one attached hydrogen (secondary N) is 1. The molecule has 0 aliphatic rings. The maximum absolute atomic E-state index is 13.1. The fraction of sp³-hybridized carbons (Fsp3) is 0.217. The minimum atomic E-state index is -0.218. The van der Waals surface area contributed by atoms with Crippen LogP contribution in [-0.2, 0) is 11.3 Å². The van der Waals surface area contributed by atoms with E-state index in [0.29, 0.717) is 27.9 Å². The average molecular weight is 452 g/mol. The van der Waals surface area contributed by atoms with Crippen LogP contribution < -0.4 is 10.9 Å². The van der Waals surface area contributed by atoms with Gasteiger partial charge in [0.1, 0.15) is 4.83 Å². The summed E-state index contributed by atoms with van der Waals surface area (Å²) in [6, 6.07) is 10.7. The zero-order valence-corrected chi connectivity index (χ0v) is 18.8. The van der Waals surface area contributed by atoms with E-state index in [4.69, 9.17) is 0 Å². The van der Waals surface area contributed by atoms with Crippen LogP contribution in [0.3, 0.4) is 0 Å². The van der Waals surface area contributed by atoms with Gasteiger partial charge in [0.15, 0.2) is 5.78 Å². The number of carbonyl (C=O) groups excluding carboxylic acids is 2. The lowest BCUT2D eigenvalue weighted by Gasteiger charge is -2.07. The highest BCUT2D eigenvalue weighted by atomic mass is 32.1. The molecule has 0 atom stereocenters. The number of benzene rings is 1. The first kappa shape index (κ1) is 21.1. The molecule has 1 N–H and O–H groups in total. The molecule has 3 heterocycles. The number of aryl methyl sites for hydroxylation is 1. The molecule has 0 saturated carbocycles. The molecule has 0 unspecified atom stereocenters. The maximum atomic E-state index is 13.1. The standard InChI is InChI=1S/C23H21N3O3S2/c1-3-4-20(28)25-16-8-6-15(7-9-16)18(27)11-26-13-24-22-21(23(26)29)17(12-30-22)19-10-5-14(2)31-19/h5-10,12-13H,3-4,11H2,1-2H3,(H,25,28). The number of aromatic nitrogens is 2. The topological polar surface area (TPSA) is 81.1 Å². The van der Waals surface area contributed by atoms with E-state index >= 15 is 0 Å². The Hall–Kier alpha value is -3.10. The number of ketones is 1. The van der Waals surface area contributed by atoms with Gasteiger partial charge in [0, 0.05) is 38.4 Å². The second-order valence-electron chi connectivity index (χ2n) is 7.22. The van der Waals surface area contributed by atoms with Crippen molar-refractivity contribution in [2.75, 3.05) is 5.32 Å². The Bertz CT molecular complexity index is 1320. The number of Topliss-reactive ketones (excluding diaryl/α,β-unsaturated/α-hetero) is 1. The number of hydrogen-bond donors (Lipinski definition) is 1. The lowest BCUT2D eigenvalue weighted by Crippen LogP contribution is -2.24. The van der Waals surface area contributed by atoms with E-state index < -0.39 is 0 Å². The van der Waals surface area contributed by atoms with Gasteiger partial charge in [-0.3, -0.25) is 19.0 Å². The zero-order valence-electron chi connectivity index (χ0n) is 17.2. The summed E-state index contributed by atoms with van der Waals surface area (Å²) in [4.78, 5) is 44.8. The molecule has 0 saturated heterocycles. The number of rotatable bonds is 7. The first-order chi connectivity index (χ1) is 15.0. The lowest BCUT2D eigenvalue weighted by atomic mass is 10.1. The van der Waals surface area contributed by atoms with Crippen LogP contribution in [0.4, 0.5) is 5.69 Å². The lowest BCUT2D eigenvalue weighted by molar-refractivity contribution is -0.116. The Labute approximate surface area is 187 Å². The number of fused-ring (bicyclic) bond motifs is 1. The van der Waals surface area contributed by atoms with Gasteiger partial charge in [-0.1, -0.05) is 6.92 Å². The fourth-order valence-corrected chi connectivity index (χ4v) is 5.14. The molecular formula is C23H21N3O3S2. The minimum absolute atomic E-state index is 0.0555. The summed E-state index contributed by atoms with van der Waals surface area (Å²) in [5.74, 6) is -0.251. The predicted octanol–water partition coefficient (Wildman–Crippen LogP) is 5.12. The van der Waals surface area contributed by atoms with Crippen molar-refractivity contribution in [3.05, 3.63) is 68.9 Å². The van der Waals surface area contributed by atoms with Gasteiger partial charge >= 0.3 is 0 Å². The van der Waals surface area contributed by atoms with Crippen LogP contribution in [0.2, 0.25) is 0 Å². The number of nitrogens with zero attached hydrogens (tertiary/aromatic N) is 2. The number of anilines is 1. The molecule has 4 aromatic rings. The molecule has 4 rings (SSSR count). The van der Waals surface area contributed by atoms with Crippen molar-refractivity contribution < 1.29 is 9.59 Å². The second kappa shape index (κ2) is 8.95. The van der Waals surface area contributed by atoms with Gasteiger partial charge in [-0.2, -0.15) is 0 Å². The molecule has 8 heteroatoms. The van der Waals surface area contributed by atoms with Gasteiger partial charge in [-0.25, -0.2) is 4.98 Å². The number of carbonyl (C=O) groups is 2. The normalized spacial score (nSPS) is 11.0. The molecule has 1 amide bonds. The van der Waals surface area contributed by atoms with Crippen LogP contribution in [0.5, 0.6) is 0 Å². The number of hydrogen-bond acceptors (Lipinski definition) is 6. The van der Waals surface area contributed by atoms with E-state index in [-0.39, 0.29) is 23.8 Å². The van der Waals surface area contributed by atoms with E-state index in [1.54, 1.807) is 35.6 Å². The van der Waals surface area contributed by atoms with E-state index in [1.807, 2.05) is 31.4 Å². The first-order valence-corrected chi connectivity index (χ1v) is 11.6. The van der Waals surface area contributed by atoms with Crippen molar-refractivity contribution in [2.24, 2.45) is 0 Å². The number of thiophene rings is 2. The summed E-state index contributed by atoms with van der Waals surface area (Å²) in [6.45, 7) is 3.87. The maximum Gasteiger partial charge on any atom is 0.263 e. The SMILES string of the molecule is CCCC(=O)Nc1ccc(C(=O)Cn2cnc3scc(-c4ccc(C)s4)c3c2=O)cc1. The molecule has 158 valence electrons. The third-order valence-electron chi connectivity index (χ3n) is 4.85. The average Bonchev–Trinajstić information content (AvgIpc) is 3.37. The quantitative estimate of drug-likeness (QED) is 0.396. The molecule has 3 aromatic heterocycles. The van der Waals surface area contributed by atoms with Crippen LogP contribution in [0.25, 0.3) is 20.7 Å². The molecule has 1 aromatic carbocycles. The Kier molecular flexibility index (Phi) is 6.11. The molecule has 0 aliphatic carbocycles. The predicted molar refractivity (Wildman–Crippen MR) is 126 cm³/mol. The Morgan fingerprint density at radius 3 is 2.58 bits per heavy atom. The highest BCUT2D eigenvalue weighted by molar-refractivity contribution is 7.19. The van der Waals surface area contributed by atoms with E-state index in [0.717, 1.165) is 16.9 Å². The van der Waals surface area contributed by atoms with Crippen LogP contribution in [0.1, 0.15) is 35.0 Å². The molecular weight excluding hydrogens is 430 g/mol. The molecule has 0 spiro atoms. The molecule has 0 radical (unpaired) electrons. The summed E-state index contributed by atoms with van der Waals surface area (Å²) in [6.07, 6.45) is 2.66. The summed E-state index contributed by atoms with van der Waals surface area (Å²) >= 11 is 3.06. The van der Waals surface area contributed by atoms with Crippen molar-refractivity contribution in [2.45, 2.75) is 33.2 Å². The van der Waals surface area contributed by atoms with Gasteiger partial charge in [0.25, 0.3) is 5.56 Å². The van der Waals surface area contributed by atoms with Crippen LogP contribution >= 0.6 is 22.7 Å². The summed E-state index contributed by atoms with van der Waals surface area (Å²) in [5.41, 5.74) is 1.76. The van der Waals surface area contributed by atoms with Crippen molar-refractivity contribution in [3.63, 3.8) is 0 Å². The minimum Gasteiger partial charge on any atom is -0.326 e. The van der Waals surface area contributed by atoms with Crippen molar-refractivity contribution >= 4 is 50.3 Å². The molecule has 0 aliphatic heterocycles. The van der Waals surface area contributed by atoms with Crippen LogP contribution in [0, 0.1) is 6.92 Å². The molecule has 0 bridgehead atoms. The third kappa shape index (κ3) is 4.50. The van der Waals surface area contributed by atoms with Gasteiger partial charge in [0.2, 0.25) is 5.91 Å². The largest absolute Gasteiger partial charge is 0.326 e. The highest BCUT2D eigenvalue weighted by Crippen LogP contribution is 2.34. The summed E-state index contributed by atoms with van der Waals surface area (Å²) in [5, 5.41) is 5.29. The summed E-state index contributed by atoms with van der Waals surface area (Å²) < 4.78 is 1.36. The van der Waals surface area contributed by atoms with Crippen LogP contribution in [-0.4, -0.2) is 21.2 Å². The Morgan fingerprint density at radius 2 is 1.90 bits per heavy atom. The molecule has 31 heavy (non-hydrogen) atoms. The summed E-state index contributed by atoms with van der Waals surface area (Å²) in [7, 11) is 0. The van der Waals surface area contributed by atoms with E-state index in [1.165, 1.54) is 27.1 Å². The highest BCUT2D eigenvalue weighted by Gasteiger charge is 2.16. The van der Waals surface area contributed by atoms with Crippen molar-refractivity contribution in [3.8, 4) is 10.4 Å².